The highest BCUT2D eigenvalue weighted by atomic mass is 16.2. The number of carbonyl (C=O) groups excluding carboxylic acids is 1. The molecule has 1 aliphatic rings. The maximum atomic E-state index is 12.6. The Labute approximate surface area is 165 Å². The smallest absolute Gasteiger partial charge is 0.321 e. The number of aromatic nitrogens is 2. The minimum atomic E-state index is -0.0247. The second kappa shape index (κ2) is 7.97. The molecule has 0 radical (unpaired) electrons. The predicted molar refractivity (Wildman–Crippen MR) is 113 cm³/mol. The summed E-state index contributed by atoms with van der Waals surface area (Å²) in [4.78, 5) is 23.4. The molecule has 0 saturated carbocycles. The van der Waals surface area contributed by atoms with Gasteiger partial charge in [-0.25, -0.2) is 14.8 Å². The topological polar surface area (TPSA) is 58.1 Å². The van der Waals surface area contributed by atoms with E-state index in [1.54, 1.807) is 6.33 Å². The third kappa shape index (κ3) is 3.84. The lowest BCUT2D eigenvalue weighted by atomic mass is 9.91. The van der Waals surface area contributed by atoms with Gasteiger partial charge in [0.25, 0.3) is 0 Å². The van der Waals surface area contributed by atoms with Crippen molar-refractivity contribution < 1.29 is 4.79 Å². The number of rotatable bonds is 3. The van der Waals surface area contributed by atoms with Crippen molar-refractivity contribution in [3.05, 3.63) is 66.1 Å². The zero-order valence-electron chi connectivity index (χ0n) is 16.4. The summed E-state index contributed by atoms with van der Waals surface area (Å²) in [7, 11) is 0. The fourth-order valence-electron chi connectivity index (χ4n) is 3.86. The monoisotopic (exact) mass is 374 g/mol. The van der Waals surface area contributed by atoms with Gasteiger partial charge in [0.1, 0.15) is 6.33 Å². The first-order valence-corrected chi connectivity index (χ1v) is 9.97. The number of hydrogen-bond acceptors (Lipinski definition) is 3. The summed E-state index contributed by atoms with van der Waals surface area (Å²) in [6.45, 7) is 5.80. The van der Waals surface area contributed by atoms with Crippen LogP contribution in [-0.2, 0) is 0 Å². The molecule has 1 saturated heterocycles. The van der Waals surface area contributed by atoms with E-state index in [1.165, 1.54) is 5.56 Å². The SMILES string of the molecule is CC(C)c1ccc(NC(=O)N2CCC(c3ncnc4ccccc34)CC2)cc1. The first-order chi connectivity index (χ1) is 13.6. The maximum absolute atomic E-state index is 12.6. The van der Waals surface area contributed by atoms with Gasteiger partial charge in [-0.05, 0) is 42.5 Å². The largest absolute Gasteiger partial charge is 0.324 e. The number of nitrogens with zero attached hydrogens (tertiary/aromatic N) is 3. The first-order valence-electron chi connectivity index (χ1n) is 9.97. The van der Waals surface area contributed by atoms with Crippen LogP contribution in [0, 0.1) is 0 Å². The standard InChI is InChI=1S/C23H26N4O/c1-16(2)17-7-9-19(10-8-17)26-23(28)27-13-11-18(12-14-27)22-20-5-3-4-6-21(20)24-15-25-22/h3-10,15-16,18H,11-14H2,1-2H3,(H,26,28). The lowest BCUT2D eigenvalue weighted by Gasteiger charge is -2.32. The van der Waals surface area contributed by atoms with Crippen LogP contribution in [0.3, 0.4) is 0 Å². The zero-order valence-corrected chi connectivity index (χ0v) is 16.4. The van der Waals surface area contributed by atoms with Gasteiger partial charge in [0, 0.05) is 30.1 Å². The molecule has 0 unspecified atom stereocenters. The molecule has 2 aromatic carbocycles. The fraction of sp³-hybridized carbons (Fsp3) is 0.348. The van der Waals surface area contributed by atoms with E-state index in [4.69, 9.17) is 0 Å². The van der Waals surface area contributed by atoms with E-state index in [9.17, 15) is 4.79 Å². The Morgan fingerprint density at radius 1 is 1.04 bits per heavy atom. The summed E-state index contributed by atoms with van der Waals surface area (Å²) in [5.74, 6) is 0.851. The molecule has 4 rings (SSSR count). The van der Waals surface area contributed by atoms with Crippen LogP contribution in [-0.4, -0.2) is 34.0 Å². The molecular weight excluding hydrogens is 348 g/mol. The fourth-order valence-corrected chi connectivity index (χ4v) is 3.86. The van der Waals surface area contributed by atoms with Crippen LogP contribution in [0.2, 0.25) is 0 Å². The van der Waals surface area contributed by atoms with Crippen molar-refractivity contribution in [1.82, 2.24) is 14.9 Å². The number of hydrogen-bond donors (Lipinski definition) is 1. The van der Waals surface area contributed by atoms with E-state index in [0.717, 1.165) is 48.2 Å². The molecule has 0 spiro atoms. The number of piperidine rings is 1. The van der Waals surface area contributed by atoms with Crippen molar-refractivity contribution in [2.75, 3.05) is 18.4 Å². The summed E-state index contributed by atoms with van der Waals surface area (Å²) in [6.07, 6.45) is 3.49. The number of nitrogens with one attached hydrogen (secondary N) is 1. The van der Waals surface area contributed by atoms with E-state index >= 15 is 0 Å². The van der Waals surface area contributed by atoms with E-state index in [2.05, 4.69) is 47.3 Å². The van der Waals surface area contributed by atoms with Crippen LogP contribution in [0.25, 0.3) is 10.9 Å². The molecular formula is C23H26N4O. The van der Waals surface area contributed by atoms with Gasteiger partial charge in [-0.1, -0.05) is 44.2 Å². The van der Waals surface area contributed by atoms with Crippen LogP contribution in [0.1, 0.15) is 49.8 Å². The number of carbonyl (C=O) groups is 1. The number of fused-ring (bicyclic) bond motifs is 1. The molecule has 5 heteroatoms. The summed E-state index contributed by atoms with van der Waals surface area (Å²) in [6, 6.07) is 16.2. The van der Waals surface area contributed by atoms with Crippen LogP contribution in [0.15, 0.2) is 54.9 Å². The molecule has 2 heterocycles. The number of urea groups is 1. The number of para-hydroxylation sites is 1. The molecule has 28 heavy (non-hydrogen) atoms. The van der Waals surface area contributed by atoms with Gasteiger partial charge in [0.05, 0.1) is 11.2 Å². The van der Waals surface area contributed by atoms with E-state index in [-0.39, 0.29) is 6.03 Å². The Bertz CT molecular complexity index is 955. The summed E-state index contributed by atoms with van der Waals surface area (Å²) >= 11 is 0. The second-order valence-electron chi connectivity index (χ2n) is 7.74. The van der Waals surface area contributed by atoms with Gasteiger partial charge < -0.3 is 10.2 Å². The van der Waals surface area contributed by atoms with Crippen molar-refractivity contribution in [3.8, 4) is 0 Å². The average molecular weight is 374 g/mol. The molecule has 1 fully saturated rings. The minimum Gasteiger partial charge on any atom is -0.324 e. The zero-order chi connectivity index (χ0) is 19.5. The quantitative estimate of drug-likeness (QED) is 0.688. The molecule has 1 aliphatic heterocycles. The molecule has 0 bridgehead atoms. The van der Waals surface area contributed by atoms with E-state index in [0.29, 0.717) is 11.8 Å². The van der Waals surface area contributed by atoms with Gasteiger partial charge >= 0.3 is 6.03 Å². The number of benzene rings is 2. The molecule has 5 nitrogen and oxygen atoms in total. The minimum absolute atomic E-state index is 0.0247. The Morgan fingerprint density at radius 3 is 2.46 bits per heavy atom. The Balaban J connectivity index is 1.39. The third-order valence-corrected chi connectivity index (χ3v) is 5.57. The van der Waals surface area contributed by atoms with Gasteiger partial charge in [0.2, 0.25) is 0 Å². The first kappa shape index (κ1) is 18.4. The van der Waals surface area contributed by atoms with Gasteiger partial charge in [0.15, 0.2) is 0 Å². The van der Waals surface area contributed by atoms with Crippen molar-refractivity contribution in [3.63, 3.8) is 0 Å². The van der Waals surface area contributed by atoms with Crippen molar-refractivity contribution >= 4 is 22.6 Å². The molecule has 3 aromatic rings. The van der Waals surface area contributed by atoms with E-state index in [1.807, 2.05) is 35.2 Å². The summed E-state index contributed by atoms with van der Waals surface area (Å²) in [5, 5.41) is 4.15. The van der Waals surface area contributed by atoms with Gasteiger partial charge in [-0.3, -0.25) is 0 Å². The summed E-state index contributed by atoms with van der Waals surface area (Å²) < 4.78 is 0. The molecule has 0 atom stereocenters. The lowest BCUT2D eigenvalue weighted by Crippen LogP contribution is -2.40. The predicted octanol–water partition coefficient (Wildman–Crippen LogP) is 5.16. The van der Waals surface area contributed by atoms with Crippen molar-refractivity contribution in [2.24, 2.45) is 0 Å². The second-order valence-corrected chi connectivity index (χ2v) is 7.74. The third-order valence-electron chi connectivity index (χ3n) is 5.57. The lowest BCUT2D eigenvalue weighted by molar-refractivity contribution is 0.194. The number of anilines is 1. The molecule has 1 N–H and O–H groups in total. The van der Waals surface area contributed by atoms with Crippen molar-refractivity contribution in [1.29, 1.82) is 0 Å². The highest BCUT2D eigenvalue weighted by Crippen LogP contribution is 2.31. The van der Waals surface area contributed by atoms with E-state index < -0.39 is 0 Å². The van der Waals surface area contributed by atoms with Crippen LogP contribution in [0.5, 0.6) is 0 Å². The normalized spacial score (nSPS) is 15.2. The molecule has 2 amide bonds. The van der Waals surface area contributed by atoms with Crippen LogP contribution >= 0.6 is 0 Å². The Kier molecular flexibility index (Phi) is 5.24. The summed E-state index contributed by atoms with van der Waals surface area (Å²) in [5.41, 5.74) is 4.21. The average Bonchev–Trinajstić information content (AvgIpc) is 2.74. The molecule has 0 aliphatic carbocycles. The number of amides is 2. The maximum Gasteiger partial charge on any atom is 0.321 e. The van der Waals surface area contributed by atoms with Crippen LogP contribution < -0.4 is 5.32 Å². The molecule has 144 valence electrons. The van der Waals surface area contributed by atoms with Crippen molar-refractivity contribution in [2.45, 2.75) is 38.5 Å². The Hall–Kier alpha value is -2.95. The van der Waals surface area contributed by atoms with Crippen LogP contribution in [0.4, 0.5) is 10.5 Å². The Morgan fingerprint density at radius 2 is 1.75 bits per heavy atom. The highest BCUT2D eigenvalue weighted by Gasteiger charge is 2.26. The van der Waals surface area contributed by atoms with Gasteiger partial charge in [-0.2, -0.15) is 0 Å². The van der Waals surface area contributed by atoms with Gasteiger partial charge in [-0.15, -0.1) is 0 Å². The molecule has 1 aromatic heterocycles. The highest BCUT2D eigenvalue weighted by molar-refractivity contribution is 5.89. The number of likely N-dealkylation sites (tertiary alicyclic amines) is 1.